The highest BCUT2D eigenvalue weighted by Crippen LogP contribution is 2.38. The number of aliphatic carboxylic acids is 1. The van der Waals surface area contributed by atoms with Gasteiger partial charge in [0, 0.05) is 17.7 Å². The van der Waals surface area contributed by atoms with E-state index in [9.17, 15) is 19.4 Å². The van der Waals surface area contributed by atoms with Gasteiger partial charge >= 0.3 is 5.97 Å². The molecule has 3 rings (SSSR count). The van der Waals surface area contributed by atoms with Crippen LogP contribution in [0.5, 0.6) is 0 Å². The van der Waals surface area contributed by atoms with Crippen molar-refractivity contribution in [3.63, 3.8) is 0 Å². The molecule has 0 amide bonds. The topological polar surface area (TPSA) is 72.8 Å². The molecule has 1 heterocycles. The van der Waals surface area contributed by atoms with Crippen LogP contribution in [-0.2, 0) is 10.5 Å². The Morgan fingerprint density at radius 3 is 2.78 bits per heavy atom. The van der Waals surface area contributed by atoms with E-state index in [0.717, 1.165) is 24.8 Å². The molecule has 126 valence electrons. The second kappa shape index (κ2) is 7.17. The first-order valence-electron chi connectivity index (χ1n) is 7.82. The Labute approximate surface area is 138 Å². The van der Waals surface area contributed by atoms with Crippen LogP contribution in [0.1, 0.15) is 24.8 Å². The van der Waals surface area contributed by atoms with E-state index >= 15 is 0 Å². The van der Waals surface area contributed by atoms with Crippen LogP contribution >= 0.6 is 11.8 Å². The fourth-order valence-corrected chi connectivity index (χ4v) is 4.75. The van der Waals surface area contributed by atoms with E-state index in [0.29, 0.717) is 5.75 Å². The number of halogens is 1. The van der Waals surface area contributed by atoms with Crippen LogP contribution in [0.4, 0.5) is 4.39 Å². The van der Waals surface area contributed by atoms with Crippen molar-refractivity contribution < 1.29 is 19.4 Å². The highest BCUT2D eigenvalue weighted by Gasteiger charge is 2.45. The van der Waals surface area contributed by atoms with Gasteiger partial charge < -0.3 is 10.2 Å². The smallest absolute Gasteiger partial charge is 0.317 e. The van der Waals surface area contributed by atoms with Gasteiger partial charge in [-0.15, -0.1) is 11.8 Å². The van der Waals surface area contributed by atoms with Gasteiger partial charge in [0.2, 0.25) is 0 Å². The number of benzene rings is 1. The molecule has 0 radical (unpaired) electrons. The largest absolute Gasteiger partial charge is 0.480 e. The highest BCUT2D eigenvalue weighted by molar-refractivity contribution is 7.99. The molecule has 1 aromatic rings. The van der Waals surface area contributed by atoms with Gasteiger partial charge in [-0.05, 0) is 30.5 Å². The number of hydrogen-bond donors (Lipinski definition) is 3. The first kappa shape index (κ1) is 16.7. The molecule has 1 aliphatic carbocycles. The third-order valence-electron chi connectivity index (χ3n) is 4.62. The van der Waals surface area contributed by atoms with Gasteiger partial charge in [-0.3, -0.25) is 15.0 Å². The van der Waals surface area contributed by atoms with Crippen molar-refractivity contribution in [3.8, 4) is 0 Å². The number of aliphatic hydroxyl groups excluding tert-OH is 1. The predicted molar refractivity (Wildman–Crippen MR) is 86.1 cm³/mol. The summed E-state index contributed by atoms with van der Waals surface area (Å²) in [6.07, 6.45) is 2.26. The maximum absolute atomic E-state index is 13.0. The molecular weight excluding hydrogens is 319 g/mol. The summed E-state index contributed by atoms with van der Waals surface area (Å²) in [4.78, 5) is 13.2. The number of carbonyl (C=O) groups is 1. The normalized spacial score (nSPS) is 31.0. The van der Waals surface area contributed by atoms with Crippen molar-refractivity contribution in [1.82, 2.24) is 10.2 Å². The molecule has 1 aliphatic heterocycles. The van der Waals surface area contributed by atoms with Gasteiger partial charge in [0.1, 0.15) is 17.5 Å². The second-order valence-corrected chi connectivity index (χ2v) is 7.20. The minimum Gasteiger partial charge on any atom is -0.480 e. The Morgan fingerprint density at radius 1 is 1.35 bits per heavy atom. The van der Waals surface area contributed by atoms with Gasteiger partial charge in [-0.2, -0.15) is 0 Å². The van der Waals surface area contributed by atoms with Crippen molar-refractivity contribution in [2.24, 2.45) is 5.92 Å². The Morgan fingerprint density at radius 2 is 2.09 bits per heavy atom. The summed E-state index contributed by atoms with van der Waals surface area (Å²) in [6.45, 7) is -0.0397. The lowest BCUT2D eigenvalue weighted by Gasteiger charge is -2.45. The summed E-state index contributed by atoms with van der Waals surface area (Å²) < 4.78 is 13.0. The van der Waals surface area contributed by atoms with Crippen molar-refractivity contribution in [3.05, 3.63) is 35.6 Å². The van der Waals surface area contributed by atoms with E-state index in [4.69, 9.17) is 0 Å². The molecule has 5 nitrogen and oxygen atoms in total. The summed E-state index contributed by atoms with van der Waals surface area (Å²) in [5.74, 6) is -0.414. The number of nitrogens with one attached hydrogen (secondary N) is 1. The Kier molecular flexibility index (Phi) is 5.21. The Hall–Kier alpha value is -1.15. The molecule has 1 saturated heterocycles. The summed E-state index contributed by atoms with van der Waals surface area (Å²) in [5.41, 5.74) is 0.710. The summed E-state index contributed by atoms with van der Waals surface area (Å²) in [5, 5.41) is 22.6. The molecule has 4 atom stereocenters. The van der Waals surface area contributed by atoms with Gasteiger partial charge in [0.15, 0.2) is 0 Å². The Bertz CT molecular complexity index is 557. The van der Waals surface area contributed by atoms with Crippen molar-refractivity contribution in [2.45, 2.75) is 42.8 Å². The van der Waals surface area contributed by atoms with Crippen LogP contribution in [0.3, 0.4) is 0 Å². The van der Waals surface area contributed by atoms with E-state index in [1.807, 2.05) is 4.90 Å². The molecular formula is C16H21FN2O3S. The first-order valence-corrected chi connectivity index (χ1v) is 8.87. The fraction of sp³-hybridized carbons (Fsp3) is 0.562. The van der Waals surface area contributed by atoms with Crippen LogP contribution in [0.25, 0.3) is 0 Å². The van der Waals surface area contributed by atoms with E-state index in [1.54, 1.807) is 12.1 Å². The predicted octanol–water partition coefficient (Wildman–Crippen LogP) is 1.82. The Balaban J connectivity index is 1.69. The third kappa shape index (κ3) is 3.85. The number of hydrogen-bond acceptors (Lipinski definition) is 5. The zero-order chi connectivity index (χ0) is 16.4. The van der Waals surface area contributed by atoms with Crippen LogP contribution in [0.15, 0.2) is 24.3 Å². The van der Waals surface area contributed by atoms with Gasteiger partial charge in [-0.1, -0.05) is 18.6 Å². The molecule has 0 spiro atoms. The number of rotatable bonds is 5. The molecule has 1 aromatic carbocycles. The van der Waals surface area contributed by atoms with Gasteiger partial charge in [0.05, 0.1) is 6.54 Å². The molecule has 2 fully saturated rings. The maximum atomic E-state index is 13.0. The van der Waals surface area contributed by atoms with E-state index in [2.05, 4.69) is 5.32 Å². The van der Waals surface area contributed by atoms with E-state index < -0.39 is 12.2 Å². The fourth-order valence-electron chi connectivity index (χ4n) is 3.54. The first-order chi connectivity index (χ1) is 11.0. The van der Waals surface area contributed by atoms with E-state index in [-0.39, 0.29) is 29.8 Å². The second-order valence-electron chi connectivity index (χ2n) is 6.13. The zero-order valence-electron chi connectivity index (χ0n) is 12.7. The highest BCUT2D eigenvalue weighted by atomic mass is 32.2. The monoisotopic (exact) mass is 340 g/mol. The zero-order valence-corrected chi connectivity index (χ0v) is 13.5. The molecule has 3 N–H and O–H groups in total. The number of carboxylic acid groups (broad SMARTS) is 1. The lowest BCUT2D eigenvalue weighted by Crippen LogP contribution is -2.63. The average molecular weight is 340 g/mol. The molecule has 23 heavy (non-hydrogen) atoms. The van der Waals surface area contributed by atoms with Crippen molar-refractivity contribution in [1.29, 1.82) is 0 Å². The number of thioether (sulfide) groups is 1. The van der Waals surface area contributed by atoms with Crippen LogP contribution < -0.4 is 5.32 Å². The minimum absolute atomic E-state index is 0.0397. The maximum Gasteiger partial charge on any atom is 0.317 e. The number of aliphatic hydroxyl groups is 1. The quantitative estimate of drug-likeness (QED) is 0.759. The van der Waals surface area contributed by atoms with E-state index in [1.165, 1.54) is 23.9 Å². The molecule has 2 aliphatic rings. The third-order valence-corrected chi connectivity index (χ3v) is 5.84. The lowest BCUT2D eigenvalue weighted by molar-refractivity contribution is -0.141. The average Bonchev–Trinajstić information content (AvgIpc) is 3.00. The van der Waals surface area contributed by atoms with Crippen LogP contribution in [0, 0.1) is 11.7 Å². The summed E-state index contributed by atoms with van der Waals surface area (Å²) in [6, 6.07) is 6.39. The number of carboxylic acids is 1. The summed E-state index contributed by atoms with van der Waals surface area (Å²) >= 11 is 1.53. The molecule has 1 saturated carbocycles. The van der Waals surface area contributed by atoms with Crippen molar-refractivity contribution in [2.75, 3.05) is 6.54 Å². The van der Waals surface area contributed by atoms with Gasteiger partial charge in [-0.25, -0.2) is 4.39 Å². The lowest BCUT2D eigenvalue weighted by atomic mass is 9.98. The molecule has 0 aromatic heterocycles. The molecule has 0 bridgehead atoms. The van der Waals surface area contributed by atoms with Crippen LogP contribution in [0.2, 0.25) is 0 Å². The van der Waals surface area contributed by atoms with Gasteiger partial charge in [0.25, 0.3) is 0 Å². The minimum atomic E-state index is -0.860. The van der Waals surface area contributed by atoms with Crippen LogP contribution in [-0.4, -0.2) is 45.4 Å². The number of nitrogens with zero attached hydrogens (tertiary/aromatic N) is 1. The number of fused-ring (bicyclic) bond motifs is 1. The summed E-state index contributed by atoms with van der Waals surface area (Å²) in [7, 11) is 0. The van der Waals surface area contributed by atoms with Crippen molar-refractivity contribution >= 4 is 17.7 Å². The molecule has 4 unspecified atom stereocenters. The molecule has 7 heteroatoms. The standard InChI is InChI=1S/C16H21FN2O3S/c17-11-6-4-10(5-7-11)9-23-16-18-15(22)12-2-1-3-13(12)19(16)8-14(20)21/h4-7,12-13,15-16,18,22H,1-3,8-9H2,(H,20,21). The SMILES string of the molecule is O=C(O)CN1C(SCc2ccc(F)cc2)NC(O)C2CCCC21.